The highest BCUT2D eigenvalue weighted by molar-refractivity contribution is 7.10. The number of hydrogen-bond donors (Lipinski definition) is 1. The molecule has 0 spiro atoms. The van der Waals surface area contributed by atoms with Crippen molar-refractivity contribution in [3.05, 3.63) is 21.9 Å². The van der Waals surface area contributed by atoms with Gasteiger partial charge in [-0.2, -0.15) is 0 Å². The Morgan fingerprint density at radius 2 is 2.19 bits per heavy atom. The molecular weight excluding hydrogens is 218 g/mol. The smallest absolute Gasteiger partial charge is 0.0618 e. The van der Waals surface area contributed by atoms with Gasteiger partial charge in [-0.25, -0.2) is 0 Å². The van der Waals surface area contributed by atoms with Gasteiger partial charge in [-0.1, -0.05) is 13.8 Å². The van der Waals surface area contributed by atoms with Crippen LogP contribution in [0.3, 0.4) is 0 Å². The summed E-state index contributed by atoms with van der Waals surface area (Å²) in [5.74, 6) is 0.615. The molecule has 0 aromatic carbocycles. The summed E-state index contributed by atoms with van der Waals surface area (Å²) < 4.78 is 5.22. The maximum Gasteiger partial charge on any atom is 0.0618 e. The molecule has 0 aliphatic rings. The minimum atomic E-state index is 0.463. The van der Waals surface area contributed by atoms with E-state index in [9.17, 15) is 0 Å². The van der Waals surface area contributed by atoms with Crippen LogP contribution in [0.2, 0.25) is 0 Å². The first-order valence-corrected chi connectivity index (χ1v) is 6.78. The van der Waals surface area contributed by atoms with Crippen LogP contribution in [0.4, 0.5) is 0 Å². The van der Waals surface area contributed by atoms with Gasteiger partial charge in [0.15, 0.2) is 0 Å². The number of methoxy groups -OCH3 is 1. The fourth-order valence-electron chi connectivity index (χ4n) is 1.70. The van der Waals surface area contributed by atoms with Crippen LogP contribution in [0.5, 0.6) is 0 Å². The van der Waals surface area contributed by atoms with Gasteiger partial charge in [-0.05, 0) is 36.3 Å². The number of rotatable bonds is 7. The lowest BCUT2D eigenvalue weighted by Gasteiger charge is -2.21. The van der Waals surface area contributed by atoms with Crippen LogP contribution in [0, 0.1) is 12.8 Å². The molecule has 1 aromatic rings. The molecule has 92 valence electrons. The Balaban J connectivity index is 2.30. The molecule has 1 N–H and O–H groups in total. The predicted octanol–water partition coefficient (Wildman–Crippen LogP) is 2.86. The van der Waals surface area contributed by atoms with Crippen LogP contribution in [0.25, 0.3) is 0 Å². The standard InChI is InChI=1S/C13H23NOS/c1-10(2)12(9-15-4)14-7-5-13-11(3)6-8-16-13/h6,8,10,12,14H,5,7,9H2,1-4H3. The zero-order valence-electron chi connectivity index (χ0n) is 10.7. The van der Waals surface area contributed by atoms with Crippen LogP contribution < -0.4 is 5.32 Å². The highest BCUT2D eigenvalue weighted by Gasteiger charge is 2.12. The largest absolute Gasteiger partial charge is 0.383 e. The molecule has 1 heterocycles. The molecule has 0 aliphatic carbocycles. The zero-order chi connectivity index (χ0) is 12.0. The van der Waals surface area contributed by atoms with Gasteiger partial charge in [0.2, 0.25) is 0 Å². The van der Waals surface area contributed by atoms with Crippen LogP contribution in [-0.2, 0) is 11.2 Å². The summed E-state index contributed by atoms with van der Waals surface area (Å²) in [6, 6.07) is 2.65. The Hall–Kier alpha value is -0.380. The van der Waals surface area contributed by atoms with E-state index in [1.165, 1.54) is 10.4 Å². The van der Waals surface area contributed by atoms with Gasteiger partial charge in [-0.15, -0.1) is 11.3 Å². The first-order chi connectivity index (χ1) is 7.65. The molecule has 2 nitrogen and oxygen atoms in total. The molecule has 0 amide bonds. The van der Waals surface area contributed by atoms with Crippen molar-refractivity contribution < 1.29 is 4.74 Å². The van der Waals surface area contributed by atoms with Gasteiger partial charge < -0.3 is 10.1 Å². The van der Waals surface area contributed by atoms with Gasteiger partial charge in [0, 0.05) is 24.6 Å². The van der Waals surface area contributed by atoms with Crippen LogP contribution in [-0.4, -0.2) is 26.3 Å². The third-order valence-electron chi connectivity index (χ3n) is 2.88. The monoisotopic (exact) mass is 241 g/mol. The van der Waals surface area contributed by atoms with Gasteiger partial charge in [-0.3, -0.25) is 0 Å². The van der Waals surface area contributed by atoms with Gasteiger partial charge in [0.05, 0.1) is 6.61 Å². The summed E-state index contributed by atoms with van der Waals surface area (Å²) in [7, 11) is 1.76. The van der Waals surface area contributed by atoms with Crippen molar-refractivity contribution in [2.45, 2.75) is 33.2 Å². The van der Waals surface area contributed by atoms with Crippen molar-refractivity contribution in [2.75, 3.05) is 20.3 Å². The zero-order valence-corrected chi connectivity index (χ0v) is 11.6. The summed E-state index contributed by atoms with van der Waals surface area (Å²) in [5, 5.41) is 5.73. The van der Waals surface area contributed by atoms with Crippen molar-refractivity contribution in [2.24, 2.45) is 5.92 Å². The Morgan fingerprint density at radius 3 is 2.69 bits per heavy atom. The van der Waals surface area contributed by atoms with E-state index in [0.717, 1.165) is 19.6 Å². The second-order valence-electron chi connectivity index (χ2n) is 4.54. The average molecular weight is 241 g/mol. The molecule has 1 aromatic heterocycles. The van der Waals surface area contributed by atoms with Crippen molar-refractivity contribution in [1.29, 1.82) is 0 Å². The quantitative estimate of drug-likeness (QED) is 0.792. The highest BCUT2D eigenvalue weighted by Crippen LogP contribution is 2.15. The number of nitrogens with one attached hydrogen (secondary N) is 1. The average Bonchev–Trinajstić information content (AvgIpc) is 2.63. The molecule has 0 saturated heterocycles. The number of aryl methyl sites for hydroxylation is 1. The first kappa shape index (κ1) is 13.7. The van der Waals surface area contributed by atoms with Crippen LogP contribution in [0.1, 0.15) is 24.3 Å². The second kappa shape index (κ2) is 7.05. The summed E-state index contributed by atoms with van der Waals surface area (Å²) >= 11 is 1.85. The van der Waals surface area contributed by atoms with Crippen molar-refractivity contribution in [1.82, 2.24) is 5.32 Å². The fraction of sp³-hybridized carbons (Fsp3) is 0.692. The number of ether oxygens (including phenoxy) is 1. The van der Waals surface area contributed by atoms with Crippen LogP contribution in [0.15, 0.2) is 11.4 Å². The molecule has 1 rings (SSSR count). The van der Waals surface area contributed by atoms with E-state index < -0.39 is 0 Å². The molecular formula is C13H23NOS. The third-order valence-corrected chi connectivity index (χ3v) is 3.96. The summed E-state index contributed by atoms with van der Waals surface area (Å²) in [6.45, 7) is 8.47. The third kappa shape index (κ3) is 4.24. The Bertz CT molecular complexity index is 296. The van der Waals surface area contributed by atoms with Crippen molar-refractivity contribution >= 4 is 11.3 Å². The van der Waals surface area contributed by atoms with Crippen molar-refractivity contribution in [3.63, 3.8) is 0 Å². The van der Waals surface area contributed by atoms with Gasteiger partial charge >= 0.3 is 0 Å². The highest BCUT2D eigenvalue weighted by atomic mass is 32.1. The minimum Gasteiger partial charge on any atom is -0.383 e. The first-order valence-electron chi connectivity index (χ1n) is 5.90. The van der Waals surface area contributed by atoms with E-state index in [1.807, 2.05) is 11.3 Å². The van der Waals surface area contributed by atoms with E-state index in [4.69, 9.17) is 4.74 Å². The SMILES string of the molecule is COCC(NCCc1sccc1C)C(C)C. The lowest BCUT2D eigenvalue weighted by atomic mass is 10.1. The molecule has 0 fully saturated rings. The number of hydrogen-bond acceptors (Lipinski definition) is 3. The van der Waals surface area contributed by atoms with E-state index >= 15 is 0 Å². The van der Waals surface area contributed by atoms with E-state index in [1.54, 1.807) is 7.11 Å². The van der Waals surface area contributed by atoms with Gasteiger partial charge in [0.1, 0.15) is 0 Å². The summed E-state index contributed by atoms with van der Waals surface area (Å²) in [5.41, 5.74) is 1.42. The van der Waals surface area contributed by atoms with E-state index in [2.05, 4.69) is 37.5 Å². The molecule has 0 aliphatic heterocycles. The number of thiophene rings is 1. The Labute approximate surface area is 103 Å². The maximum absolute atomic E-state index is 5.22. The molecule has 0 bridgehead atoms. The topological polar surface area (TPSA) is 21.3 Å². The normalized spacial score (nSPS) is 13.3. The Kier molecular flexibility index (Phi) is 6.03. The lowest BCUT2D eigenvalue weighted by Crippen LogP contribution is -2.38. The molecule has 1 unspecified atom stereocenters. The molecule has 1 atom stereocenters. The lowest BCUT2D eigenvalue weighted by molar-refractivity contribution is 0.147. The van der Waals surface area contributed by atoms with E-state index in [0.29, 0.717) is 12.0 Å². The second-order valence-corrected chi connectivity index (χ2v) is 5.54. The van der Waals surface area contributed by atoms with Crippen molar-refractivity contribution in [3.8, 4) is 0 Å². The molecule has 0 saturated carbocycles. The van der Waals surface area contributed by atoms with E-state index in [-0.39, 0.29) is 0 Å². The minimum absolute atomic E-state index is 0.463. The molecule has 0 radical (unpaired) electrons. The fourth-order valence-corrected chi connectivity index (χ4v) is 2.61. The Morgan fingerprint density at radius 1 is 1.44 bits per heavy atom. The maximum atomic E-state index is 5.22. The summed E-state index contributed by atoms with van der Waals surface area (Å²) in [4.78, 5) is 1.49. The van der Waals surface area contributed by atoms with Crippen LogP contribution >= 0.6 is 11.3 Å². The van der Waals surface area contributed by atoms with Gasteiger partial charge in [0.25, 0.3) is 0 Å². The summed E-state index contributed by atoms with van der Waals surface area (Å²) in [6.07, 6.45) is 1.12. The molecule has 3 heteroatoms. The molecule has 16 heavy (non-hydrogen) atoms. The predicted molar refractivity (Wildman–Crippen MR) is 71.3 cm³/mol.